The Kier molecular flexibility index (Phi) is 5.41. The minimum absolute atomic E-state index is 0.0486. The third-order valence-corrected chi connectivity index (χ3v) is 5.05. The Morgan fingerprint density at radius 1 is 0.909 bits per heavy atom. The third-order valence-electron chi connectivity index (χ3n) is 5.05. The van der Waals surface area contributed by atoms with Crippen LogP contribution in [0.3, 0.4) is 0 Å². The molecule has 4 rings (SSSR count). The lowest BCUT2D eigenvalue weighted by Crippen LogP contribution is -2.20. The summed E-state index contributed by atoms with van der Waals surface area (Å²) in [5.74, 6) is -0.383. The van der Waals surface area contributed by atoms with Gasteiger partial charge in [0.05, 0.1) is 32.9 Å². The van der Waals surface area contributed by atoms with Crippen molar-refractivity contribution in [2.24, 2.45) is 4.99 Å². The number of rotatable bonds is 5. The van der Waals surface area contributed by atoms with Crippen molar-refractivity contribution in [3.63, 3.8) is 0 Å². The topological polar surface area (TPSA) is 141 Å². The normalized spacial score (nSPS) is 11.2. The van der Waals surface area contributed by atoms with Crippen molar-refractivity contribution in [2.45, 2.75) is 6.92 Å². The van der Waals surface area contributed by atoms with Gasteiger partial charge in [-0.3, -0.25) is 30.0 Å². The Bertz CT molecular complexity index is 1470. The van der Waals surface area contributed by atoms with E-state index >= 15 is 0 Å². The summed E-state index contributed by atoms with van der Waals surface area (Å²) in [4.78, 5) is 38.0. The summed E-state index contributed by atoms with van der Waals surface area (Å²) in [6, 6.07) is 16.6. The molecule has 0 radical (unpaired) electrons. The first-order valence-corrected chi connectivity index (χ1v) is 9.68. The minimum atomic E-state index is -0.754. The zero-order valence-corrected chi connectivity index (χ0v) is 17.2. The lowest BCUT2D eigenvalue weighted by Gasteiger charge is -2.14. The Hall–Kier alpha value is -4.86. The van der Waals surface area contributed by atoms with E-state index in [4.69, 9.17) is 0 Å². The number of aliphatic imine (C=N–C) groups is 1. The average molecular weight is 444 g/mol. The summed E-state index contributed by atoms with van der Waals surface area (Å²) >= 11 is 0. The van der Waals surface area contributed by atoms with E-state index in [1.807, 2.05) is 6.92 Å². The van der Waals surface area contributed by atoms with Crippen LogP contribution < -0.4 is 5.56 Å². The molecular formula is C23H16N4O6. The summed E-state index contributed by atoms with van der Waals surface area (Å²) in [5.41, 5.74) is 0.128. The number of fused-ring (bicyclic) bond motifs is 1. The number of aromatic hydroxyl groups is 1. The second-order valence-corrected chi connectivity index (χ2v) is 7.24. The van der Waals surface area contributed by atoms with Crippen LogP contribution in [0.4, 0.5) is 17.1 Å². The van der Waals surface area contributed by atoms with Gasteiger partial charge in [-0.25, -0.2) is 4.57 Å². The second kappa shape index (κ2) is 8.35. The van der Waals surface area contributed by atoms with E-state index in [0.29, 0.717) is 16.5 Å². The number of hydrogen-bond donors (Lipinski definition) is 1. The maximum Gasteiger partial charge on any atom is 0.278 e. The van der Waals surface area contributed by atoms with Crippen LogP contribution in [0.5, 0.6) is 5.88 Å². The van der Waals surface area contributed by atoms with Crippen LogP contribution in [0.25, 0.3) is 16.5 Å². The molecule has 0 aliphatic heterocycles. The van der Waals surface area contributed by atoms with Gasteiger partial charge in [-0.05, 0) is 25.1 Å². The van der Waals surface area contributed by atoms with E-state index in [1.54, 1.807) is 48.5 Å². The molecule has 164 valence electrons. The number of pyridine rings is 1. The number of hydrogen-bond acceptors (Lipinski definition) is 7. The Morgan fingerprint density at radius 3 is 2.06 bits per heavy atom. The van der Waals surface area contributed by atoms with Gasteiger partial charge in [0.15, 0.2) is 0 Å². The lowest BCUT2D eigenvalue weighted by molar-refractivity contribution is -0.394. The number of nitro benzene ring substituents is 2. The van der Waals surface area contributed by atoms with Crippen molar-refractivity contribution in [1.29, 1.82) is 0 Å². The molecule has 4 aromatic rings. The first kappa shape index (κ1) is 21.4. The summed E-state index contributed by atoms with van der Waals surface area (Å²) in [6.45, 7) is 1.89. The first-order valence-electron chi connectivity index (χ1n) is 9.68. The van der Waals surface area contributed by atoms with E-state index in [1.165, 1.54) is 6.21 Å². The van der Waals surface area contributed by atoms with Crippen LogP contribution in [-0.2, 0) is 0 Å². The van der Waals surface area contributed by atoms with E-state index in [9.17, 15) is 30.1 Å². The molecule has 0 spiro atoms. The molecular weight excluding hydrogens is 428 g/mol. The first-order chi connectivity index (χ1) is 15.8. The van der Waals surface area contributed by atoms with E-state index in [-0.39, 0.29) is 17.1 Å². The van der Waals surface area contributed by atoms with Crippen LogP contribution in [0.1, 0.15) is 11.1 Å². The van der Waals surface area contributed by atoms with Crippen molar-refractivity contribution in [1.82, 2.24) is 4.57 Å². The zero-order chi connectivity index (χ0) is 23.7. The van der Waals surface area contributed by atoms with Crippen LogP contribution in [0.2, 0.25) is 0 Å². The number of aryl methyl sites for hydroxylation is 1. The van der Waals surface area contributed by atoms with Gasteiger partial charge in [0.25, 0.3) is 16.9 Å². The fourth-order valence-electron chi connectivity index (χ4n) is 3.43. The van der Waals surface area contributed by atoms with E-state index in [2.05, 4.69) is 4.99 Å². The number of aromatic nitrogens is 1. The maximum atomic E-state index is 13.1. The van der Waals surface area contributed by atoms with Gasteiger partial charge in [0.1, 0.15) is 0 Å². The third kappa shape index (κ3) is 4.04. The molecule has 0 saturated carbocycles. The van der Waals surface area contributed by atoms with Gasteiger partial charge in [-0.1, -0.05) is 35.9 Å². The molecule has 0 bridgehead atoms. The Balaban J connectivity index is 1.94. The summed E-state index contributed by atoms with van der Waals surface area (Å²) < 4.78 is 1.14. The van der Waals surface area contributed by atoms with Crippen molar-refractivity contribution >= 4 is 34.0 Å². The highest BCUT2D eigenvalue weighted by molar-refractivity contribution is 6.02. The van der Waals surface area contributed by atoms with Gasteiger partial charge in [0, 0.05) is 29.1 Å². The molecule has 1 N–H and O–H groups in total. The highest BCUT2D eigenvalue weighted by atomic mass is 16.6. The zero-order valence-electron chi connectivity index (χ0n) is 17.2. The van der Waals surface area contributed by atoms with Crippen molar-refractivity contribution in [3.8, 4) is 11.6 Å². The molecule has 33 heavy (non-hydrogen) atoms. The summed E-state index contributed by atoms with van der Waals surface area (Å²) in [7, 11) is 0. The lowest BCUT2D eigenvalue weighted by atomic mass is 10.1. The maximum absolute atomic E-state index is 13.1. The van der Waals surface area contributed by atoms with Gasteiger partial charge >= 0.3 is 0 Å². The van der Waals surface area contributed by atoms with Crippen LogP contribution in [-0.4, -0.2) is 25.7 Å². The molecule has 0 amide bonds. The van der Waals surface area contributed by atoms with Crippen LogP contribution in [0, 0.1) is 27.2 Å². The van der Waals surface area contributed by atoms with Crippen LogP contribution in [0.15, 0.2) is 76.5 Å². The van der Waals surface area contributed by atoms with E-state index < -0.39 is 26.8 Å². The molecule has 0 aliphatic carbocycles. The van der Waals surface area contributed by atoms with E-state index in [0.717, 1.165) is 28.3 Å². The highest BCUT2D eigenvalue weighted by Gasteiger charge is 2.18. The fraction of sp³-hybridized carbons (Fsp3) is 0.0435. The molecule has 10 heteroatoms. The highest BCUT2D eigenvalue weighted by Crippen LogP contribution is 2.30. The van der Waals surface area contributed by atoms with Gasteiger partial charge in [-0.15, -0.1) is 0 Å². The smallest absolute Gasteiger partial charge is 0.278 e. The minimum Gasteiger partial charge on any atom is -0.494 e. The Morgan fingerprint density at radius 2 is 1.48 bits per heavy atom. The second-order valence-electron chi connectivity index (χ2n) is 7.24. The molecule has 1 heterocycles. The average Bonchev–Trinajstić information content (AvgIpc) is 2.80. The fourth-order valence-corrected chi connectivity index (χ4v) is 3.43. The van der Waals surface area contributed by atoms with Gasteiger partial charge in [-0.2, -0.15) is 0 Å². The SMILES string of the molecule is Cc1ccc(-n2c(O)c(C=Nc3cc([N+](=O)[O-])cc([N+](=O)[O-])c3)c3ccccc3c2=O)cc1. The predicted molar refractivity (Wildman–Crippen MR) is 123 cm³/mol. The summed E-state index contributed by atoms with van der Waals surface area (Å²) in [6.07, 6.45) is 1.23. The predicted octanol–water partition coefficient (Wildman–Crippen LogP) is 4.57. The Labute approximate surface area is 186 Å². The molecule has 0 aliphatic rings. The molecule has 3 aromatic carbocycles. The number of nitrogens with zero attached hydrogens (tertiary/aromatic N) is 4. The van der Waals surface area contributed by atoms with Crippen molar-refractivity contribution in [3.05, 3.63) is 108 Å². The molecule has 0 fully saturated rings. The number of non-ortho nitro benzene ring substituents is 2. The molecule has 0 atom stereocenters. The molecule has 1 aromatic heterocycles. The van der Waals surface area contributed by atoms with Crippen LogP contribution >= 0.6 is 0 Å². The van der Waals surface area contributed by atoms with Gasteiger partial charge < -0.3 is 5.11 Å². The standard InChI is InChI=1S/C23H16N4O6/c1-14-6-8-16(9-7-14)25-22(28)20-5-3-2-4-19(20)21(23(25)29)13-24-15-10-17(26(30)31)12-18(11-15)27(32)33/h2-13,29H,1H3. The molecule has 0 saturated heterocycles. The largest absolute Gasteiger partial charge is 0.494 e. The molecule has 0 unspecified atom stereocenters. The molecule has 10 nitrogen and oxygen atoms in total. The number of benzene rings is 3. The van der Waals surface area contributed by atoms with Crippen molar-refractivity contribution in [2.75, 3.05) is 0 Å². The van der Waals surface area contributed by atoms with Gasteiger partial charge in [0.2, 0.25) is 5.88 Å². The quantitative estimate of drug-likeness (QED) is 0.271. The number of nitro groups is 2. The van der Waals surface area contributed by atoms with Crippen molar-refractivity contribution < 1.29 is 15.0 Å². The monoisotopic (exact) mass is 444 g/mol. The summed E-state index contributed by atoms with van der Waals surface area (Å²) in [5, 5.41) is 34.0.